The molecule has 1 aromatic rings. The van der Waals surface area contributed by atoms with Gasteiger partial charge in [0.25, 0.3) is 5.91 Å². The molecule has 1 aromatic carbocycles. The SMILES string of the molecule is Cl.O=C(N1CCC2(CCNC2)CC1)C(F)(F)c1ccc(F)cc1. The number of alkyl halides is 2. The first-order chi connectivity index (χ1) is 10.4. The third-order valence-corrected chi connectivity index (χ3v) is 4.92. The monoisotopic (exact) mass is 348 g/mol. The Balaban J connectivity index is 0.00000192. The molecule has 2 aliphatic heterocycles. The Morgan fingerprint density at radius 3 is 2.26 bits per heavy atom. The maximum atomic E-state index is 14.3. The predicted molar refractivity (Wildman–Crippen MR) is 83.3 cm³/mol. The van der Waals surface area contributed by atoms with Crippen LogP contribution < -0.4 is 5.32 Å². The molecule has 1 amide bonds. The highest BCUT2D eigenvalue weighted by atomic mass is 35.5. The molecule has 23 heavy (non-hydrogen) atoms. The fourth-order valence-electron chi connectivity index (χ4n) is 3.39. The molecule has 0 atom stereocenters. The number of halogens is 4. The van der Waals surface area contributed by atoms with Crippen LogP contribution in [0.2, 0.25) is 0 Å². The zero-order chi connectivity index (χ0) is 15.8. The Morgan fingerprint density at radius 2 is 1.74 bits per heavy atom. The van der Waals surface area contributed by atoms with Crippen molar-refractivity contribution >= 4 is 18.3 Å². The number of carbonyl (C=O) groups is 1. The van der Waals surface area contributed by atoms with Crippen molar-refractivity contribution in [1.82, 2.24) is 10.2 Å². The van der Waals surface area contributed by atoms with Gasteiger partial charge in [0.1, 0.15) is 5.82 Å². The molecule has 2 fully saturated rings. The Labute approximate surface area is 139 Å². The van der Waals surface area contributed by atoms with Gasteiger partial charge in [-0.15, -0.1) is 12.4 Å². The zero-order valence-electron chi connectivity index (χ0n) is 12.7. The van der Waals surface area contributed by atoms with Gasteiger partial charge in [0.05, 0.1) is 0 Å². The molecule has 0 unspecified atom stereocenters. The average molecular weight is 349 g/mol. The number of amides is 1. The number of hydrogen-bond acceptors (Lipinski definition) is 2. The maximum absolute atomic E-state index is 14.3. The fraction of sp³-hybridized carbons (Fsp3) is 0.562. The van der Waals surface area contributed by atoms with E-state index in [1.54, 1.807) is 0 Å². The van der Waals surface area contributed by atoms with Gasteiger partial charge in [0.2, 0.25) is 0 Å². The molecular weight excluding hydrogens is 329 g/mol. The molecular formula is C16H20ClF3N2O. The van der Waals surface area contributed by atoms with Crippen LogP contribution in [-0.2, 0) is 10.7 Å². The van der Waals surface area contributed by atoms with Gasteiger partial charge < -0.3 is 10.2 Å². The molecule has 1 spiro atoms. The molecule has 3 rings (SSSR count). The fourth-order valence-corrected chi connectivity index (χ4v) is 3.39. The lowest BCUT2D eigenvalue weighted by molar-refractivity contribution is -0.161. The Kier molecular flexibility index (Phi) is 5.26. The Morgan fingerprint density at radius 1 is 1.13 bits per heavy atom. The minimum Gasteiger partial charge on any atom is -0.337 e. The summed E-state index contributed by atoms with van der Waals surface area (Å²) in [6, 6.07) is 3.84. The number of carbonyl (C=O) groups excluding carboxylic acids is 1. The van der Waals surface area contributed by atoms with E-state index in [1.807, 2.05) is 0 Å². The van der Waals surface area contributed by atoms with Crippen LogP contribution in [0.25, 0.3) is 0 Å². The van der Waals surface area contributed by atoms with Crippen LogP contribution in [0.5, 0.6) is 0 Å². The summed E-state index contributed by atoms with van der Waals surface area (Å²) in [5.41, 5.74) is -0.288. The van der Waals surface area contributed by atoms with Gasteiger partial charge in [0.15, 0.2) is 0 Å². The van der Waals surface area contributed by atoms with Crippen molar-refractivity contribution in [3.63, 3.8) is 0 Å². The molecule has 0 aliphatic carbocycles. The van der Waals surface area contributed by atoms with Crippen LogP contribution in [0.1, 0.15) is 24.8 Å². The second-order valence-corrected chi connectivity index (χ2v) is 6.30. The second-order valence-electron chi connectivity index (χ2n) is 6.30. The van der Waals surface area contributed by atoms with E-state index in [0.29, 0.717) is 13.1 Å². The van der Waals surface area contributed by atoms with Gasteiger partial charge in [-0.3, -0.25) is 4.79 Å². The van der Waals surface area contributed by atoms with Gasteiger partial charge in [-0.05, 0) is 55.5 Å². The van der Waals surface area contributed by atoms with E-state index in [9.17, 15) is 18.0 Å². The maximum Gasteiger partial charge on any atom is 0.349 e. The topological polar surface area (TPSA) is 32.3 Å². The largest absolute Gasteiger partial charge is 0.349 e. The molecule has 0 bridgehead atoms. The molecule has 0 saturated carbocycles. The van der Waals surface area contributed by atoms with Gasteiger partial charge in [-0.25, -0.2) is 4.39 Å². The molecule has 3 nitrogen and oxygen atoms in total. The normalized spacial score (nSPS) is 20.4. The van der Waals surface area contributed by atoms with Crippen LogP contribution in [0, 0.1) is 11.2 Å². The van der Waals surface area contributed by atoms with Crippen molar-refractivity contribution in [3.05, 3.63) is 35.6 Å². The van der Waals surface area contributed by atoms with E-state index in [1.165, 1.54) is 4.90 Å². The summed E-state index contributed by atoms with van der Waals surface area (Å²) in [5, 5.41) is 3.30. The third-order valence-electron chi connectivity index (χ3n) is 4.92. The highest BCUT2D eigenvalue weighted by Crippen LogP contribution is 2.39. The van der Waals surface area contributed by atoms with E-state index in [0.717, 1.165) is 56.6 Å². The second kappa shape index (κ2) is 6.69. The summed E-state index contributed by atoms with van der Waals surface area (Å²) in [6.07, 6.45) is 2.56. The van der Waals surface area contributed by atoms with Gasteiger partial charge in [-0.1, -0.05) is 0 Å². The summed E-state index contributed by atoms with van der Waals surface area (Å²) in [5.74, 6) is -5.38. The highest BCUT2D eigenvalue weighted by Gasteiger charge is 2.46. The first kappa shape index (κ1) is 18.1. The summed E-state index contributed by atoms with van der Waals surface area (Å²) in [6.45, 7) is 2.58. The zero-order valence-corrected chi connectivity index (χ0v) is 13.5. The van der Waals surface area contributed by atoms with Gasteiger partial charge in [-0.2, -0.15) is 8.78 Å². The number of nitrogens with one attached hydrogen (secondary N) is 1. The van der Waals surface area contributed by atoms with Crippen LogP contribution >= 0.6 is 12.4 Å². The Bertz CT molecular complexity index is 549. The summed E-state index contributed by atoms with van der Waals surface area (Å²) < 4.78 is 41.5. The molecule has 128 valence electrons. The quantitative estimate of drug-likeness (QED) is 0.891. The summed E-state index contributed by atoms with van der Waals surface area (Å²) >= 11 is 0. The lowest BCUT2D eigenvalue weighted by Crippen LogP contribution is -2.49. The van der Waals surface area contributed by atoms with Crippen LogP contribution in [-0.4, -0.2) is 37.0 Å². The number of hydrogen-bond donors (Lipinski definition) is 1. The van der Waals surface area contributed by atoms with Crippen molar-refractivity contribution in [2.75, 3.05) is 26.2 Å². The summed E-state index contributed by atoms with van der Waals surface area (Å²) in [7, 11) is 0. The van der Waals surface area contributed by atoms with E-state index >= 15 is 0 Å². The molecule has 1 N–H and O–H groups in total. The van der Waals surface area contributed by atoms with Crippen molar-refractivity contribution in [3.8, 4) is 0 Å². The lowest BCUT2D eigenvalue weighted by Gasteiger charge is -2.39. The van der Waals surface area contributed by atoms with Crippen molar-refractivity contribution in [1.29, 1.82) is 0 Å². The number of benzene rings is 1. The number of nitrogens with zero attached hydrogens (tertiary/aromatic N) is 1. The lowest BCUT2D eigenvalue weighted by atomic mass is 9.77. The van der Waals surface area contributed by atoms with Crippen LogP contribution in [0.15, 0.2) is 24.3 Å². The van der Waals surface area contributed by atoms with E-state index < -0.39 is 23.2 Å². The van der Waals surface area contributed by atoms with Gasteiger partial charge in [0, 0.05) is 25.2 Å². The standard InChI is InChI=1S/C16H19F3N2O.ClH/c17-13-3-1-12(2-4-13)16(18,19)14(22)21-9-6-15(7-10-21)5-8-20-11-15;/h1-4,20H,5-11H2;1H. The van der Waals surface area contributed by atoms with E-state index in [-0.39, 0.29) is 17.8 Å². The molecule has 0 radical (unpaired) electrons. The van der Waals surface area contributed by atoms with Crippen molar-refractivity contribution in [2.45, 2.75) is 25.2 Å². The molecule has 2 heterocycles. The average Bonchev–Trinajstić information content (AvgIpc) is 2.96. The molecule has 0 aromatic heterocycles. The third kappa shape index (κ3) is 3.48. The van der Waals surface area contributed by atoms with E-state index in [4.69, 9.17) is 0 Å². The van der Waals surface area contributed by atoms with Gasteiger partial charge >= 0.3 is 5.92 Å². The molecule has 2 saturated heterocycles. The number of rotatable bonds is 2. The van der Waals surface area contributed by atoms with Crippen LogP contribution in [0.3, 0.4) is 0 Å². The van der Waals surface area contributed by atoms with Crippen molar-refractivity contribution in [2.24, 2.45) is 5.41 Å². The van der Waals surface area contributed by atoms with Crippen LogP contribution in [0.4, 0.5) is 13.2 Å². The highest BCUT2D eigenvalue weighted by molar-refractivity contribution is 5.85. The first-order valence-corrected chi connectivity index (χ1v) is 7.57. The van der Waals surface area contributed by atoms with E-state index in [2.05, 4.69) is 5.32 Å². The van der Waals surface area contributed by atoms with Crippen molar-refractivity contribution < 1.29 is 18.0 Å². The minimum absolute atomic E-state index is 0. The Hall–Kier alpha value is -1.27. The first-order valence-electron chi connectivity index (χ1n) is 7.57. The summed E-state index contributed by atoms with van der Waals surface area (Å²) in [4.78, 5) is 13.4. The molecule has 2 aliphatic rings. The minimum atomic E-state index is -3.61. The smallest absolute Gasteiger partial charge is 0.337 e. The predicted octanol–water partition coefficient (Wildman–Crippen LogP) is 2.94. The molecule has 7 heteroatoms. The number of likely N-dealkylation sites (tertiary alicyclic amines) is 1. The number of piperidine rings is 1.